The van der Waals surface area contributed by atoms with Gasteiger partial charge in [0, 0.05) is 16.5 Å². The number of unbranched alkanes of at least 4 members (excludes halogenated alkanes) is 26. The molecule has 0 heterocycles. The Bertz CT molecular complexity index is 1370. The lowest BCUT2D eigenvalue weighted by Gasteiger charge is -2.57. The molecule has 0 aromatic heterocycles. The quantitative estimate of drug-likeness (QED) is 0.0515. The Hall–Kier alpha value is -1.12. The van der Waals surface area contributed by atoms with Crippen LogP contribution in [0.3, 0.4) is 0 Å². The third-order valence-electron chi connectivity index (χ3n) is 16.1. The first-order valence-electron chi connectivity index (χ1n) is 27.5. The van der Waals surface area contributed by atoms with Gasteiger partial charge >= 0.3 is 0 Å². The van der Waals surface area contributed by atoms with Crippen LogP contribution in [0.25, 0.3) is 5.57 Å². The average molecular weight is 857 g/mol. The van der Waals surface area contributed by atoms with E-state index < -0.39 is 8.24 Å². The smallest absolute Gasteiger partial charge is 0.127 e. The predicted octanol–water partition coefficient (Wildman–Crippen LogP) is 19.8. The van der Waals surface area contributed by atoms with Crippen molar-refractivity contribution < 1.29 is 0 Å². The minimum absolute atomic E-state index is 0.156. The van der Waals surface area contributed by atoms with Gasteiger partial charge in [0.2, 0.25) is 0 Å². The molecule has 0 amide bonds. The van der Waals surface area contributed by atoms with E-state index in [-0.39, 0.29) is 16.5 Å². The normalized spacial score (nSPS) is 21.1. The third kappa shape index (κ3) is 15.2. The number of benzene rings is 1. The summed E-state index contributed by atoms with van der Waals surface area (Å²) in [5.74, 6) is 2.11. The van der Waals surface area contributed by atoms with E-state index in [2.05, 4.69) is 116 Å². The van der Waals surface area contributed by atoms with Gasteiger partial charge in [0.25, 0.3) is 0 Å². The highest BCUT2D eigenvalue weighted by molar-refractivity contribution is 6.76. The number of rotatable bonds is 32. The minimum Gasteiger partial charge on any atom is -0.314 e. The zero-order chi connectivity index (χ0) is 44.4. The fourth-order valence-corrected chi connectivity index (χ4v) is 20.8. The SMILES string of the molecule is CCCCCCCCCCCCCCCCC1(CCCCCCCCCCCCCCCC)C2=CC3C(C=C2c2ccccc21)CC(C)C3[Si](C)(C)N(C(C)(C)C)C(C)(C)C. The maximum absolute atomic E-state index is 3.04. The van der Waals surface area contributed by atoms with Gasteiger partial charge in [0.1, 0.15) is 8.24 Å². The van der Waals surface area contributed by atoms with Crippen molar-refractivity contribution in [2.24, 2.45) is 17.8 Å². The molecular weight excluding hydrogens is 751 g/mol. The van der Waals surface area contributed by atoms with Gasteiger partial charge in [-0.15, -0.1) is 0 Å². The van der Waals surface area contributed by atoms with Gasteiger partial charge in [-0.25, -0.2) is 0 Å². The van der Waals surface area contributed by atoms with Crippen LogP contribution in [0, 0.1) is 17.8 Å². The van der Waals surface area contributed by atoms with Crippen LogP contribution in [-0.4, -0.2) is 23.9 Å². The second kappa shape index (κ2) is 26.1. The van der Waals surface area contributed by atoms with Gasteiger partial charge in [-0.3, -0.25) is 0 Å². The fraction of sp³-hybridized carbons (Fsp3) is 0.831. The van der Waals surface area contributed by atoms with Crippen molar-refractivity contribution in [3.05, 3.63) is 53.1 Å². The number of hydrogen-bond donors (Lipinski definition) is 0. The summed E-state index contributed by atoms with van der Waals surface area (Å²) in [5, 5.41) is 0. The van der Waals surface area contributed by atoms with E-state index in [0.29, 0.717) is 11.8 Å². The molecule has 3 aliphatic rings. The largest absolute Gasteiger partial charge is 0.314 e. The van der Waals surface area contributed by atoms with E-state index in [1.54, 1.807) is 22.3 Å². The van der Waals surface area contributed by atoms with Crippen molar-refractivity contribution in [1.82, 2.24) is 4.57 Å². The minimum atomic E-state index is -1.88. The molecule has 4 unspecified atom stereocenters. The van der Waals surface area contributed by atoms with E-state index in [1.807, 2.05) is 0 Å². The van der Waals surface area contributed by atoms with Crippen LogP contribution >= 0.6 is 0 Å². The molecular formula is C59H105NSi. The summed E-state index contributed by atoms with van der Waals surface area (Å²) in [4.78, 5) is 0. The van der Waals surface area contributed by atoms with Crippen LogP contribution in [0.2, 0.25) is 18.6 Å². The maximum atomic E-state index is 3.04. The van der Waals surface area contributed by atoms with Gasteiger partial charge in [-0.05, 0) is 106 Å². The van der Waals surface area contributed by atoms with Crippen LogP contribution in [0.15, 0.2) is 42.0 Å². The molecule has 0 N–H and O–H groups in total. The van der Waals surface area contributed by atoms with Crippen molar-refractivity contribution in [2.45, 2.75) is 296 Å². The Labute approximate surface area is 384 Å². The lowest BCUT2D eigenvalue weighted by Crippen LogP contribution is -2.67. The standard InChI is InChI=1S/C59H105NSi/c1-12-14-16-18-20-22-24-26-28-30-32-34-36-40-44-59(45-41-37-35-33-31-29-27-25-23-21-19-17-15-13-2)54-43-39-38-42-51(54)53-47-50-46-49(3)56(52(50)48-55(53)59)61(10,11)60(57(4,5)6)58(7,8)9/h38-39,42-43,47-50,52,56H,12-37,40-41,44-46H2,1-11H3. The van der Waals surface area contributed by atoms with Crippen LogP contribution in [-0.2, 0) is 5.41 Å². The highest BCUT2D eigenvalue weighted by Crippen LogP contribution is 2.63. The fourth-order valence-electron chi connectivity index (χ4n) is 14.3. The topological polar surface area (TPSA) is 3.24 Å². The molecule has 350 valence electrons. The molecule has 1 fully saturated rings. The van der Waals surface area contributed by atoms with Crippen LogP contribution in [0.5, 0.6) is 0 Å². The first-order valence-corrected chi connectivity index (χ1v) is 30.6. The average Bonchev–Trinajstić information content (AvgIpc) is 3.66. The highest BCUT2D eigenvalue weighted by Gasteiger charge is 2.57. The van der Waals surface area contributed by atoms with Gasteiger partial charge in [-0.2, -0.15) is 0 Å². The summed E-state index contributed by atoms with van der Waals surface area (Å²) in [6, 6.07) is 9.83. The molecule has 1 saturated carbocycles. The molecule has 4 atom stereocenters. The monoisotopic (exact) mass is 856 g/mol. The van der Waals surface area contributed by atoms with E-state index in [1.165, 1.54) is 199 Å². The molecule has 61 heavy (non-hydrogen) atoms. The second-order valence-corrected chi connectivity index (χ2v) is 28.2. The van der Waals surface area contributed by atoms with E-state index in [4.69, 9.17) is 0 Å². The molecule has 1 aromatic carbocycles. The molecule has 4 rings (SSSR count). The summed E-state index contributed by atoms with van der Waals surface area (Å²) in [5.41, 5.74) is 8.00. The van der Waals surface area contributed by atoms with E-state index >= 15 is 0 Å². The lowest BCUT2D eigenvalue weighted by atomic mass is 9.68. The molecule has 1 nitrogen and oxygen atoms in total. The number of nitrogens with zero attached hydrogens (tertiary/aromatic N) is 1. The van der Waals surface area contributed by atoms with Crippen LogP contribution in [0.4, 0.5) is 0 Å². The van der Waals surface area contributed by atoms with Gasteiger partial charge in [0.05, 0.1) is 0 Å². The first-order chi connectivity index (χ1) is 29.2. The molecule has 2 heteroatoms. The van der Waals surface area contributed by atoms with E-state index in [9.17, 15) is 0 Å². The summed E-state index contributed by atoms with van der Waals surface area (Å²) in [6.07, 6.45) is 50.1. The number of fused-ring (bicyclic) bond motifs is 4. The summed E-state index contributed by atoms with van der Waals surface area (Å²) < 4.78 is 3.04. The predicted molar refractivity (Wildman–Crippen MR) is 277 cm³/mol. The summed E-state index contributed by atoms with van der Waals surface area (Å²) in [6.45, 7) is 27.8. The Balaban J connectivity index is 1.45. The van der Waals surface area contributed by atoms with Crippen molar-refractivity contribution in [1.29, 1.82) is 0 Å². The van der Waals surface area contributed by atoms with Crippen LogP contribution in [0.1, 0.15) is 272 Å². The molecule has 3 aliphatic carbocycles. The molecule has 0 radical (unpaired) electrons. The molecule has 1 aromatic rings. The Morgan fingerprint density at radius 1 is 0.541 bits per heavy atom. The number of hydrogen-bond acceptors (Lipinski definition) is 1. The van der Waals surface area contributed by atoms with Crippen LogP contribution < -0.4 is 0 Å². The summed E-state index contributed by atoms with van der Waals surface area (Å²) >= 11 is 0. The van der Waals surface area contributed by atoms with Crippen molar-refractivity contribution in [3.63, 3.8) is 0 Å². The van der Waals surface area contributed by atoms with Crippen molar-refractivity contribution in [2.75, 3.05) is 0 Å². The molecule has 0 bridgehead atoms. The first kappa shape index (κ1) is 52.5. The molecule has 0 aliphatic heterocycles. The maximum Gasteiger partial charge on any atom is 0.127 e. The molecule has 0 spiro atoms. The zero-order valence-corrected chi connectivity index (χ0v) is 44.1. The van der Waals surface area contributed by atoms with Gasteiger partial charge < -0.3 is 4.57 Å². The van der Waals surface area contributed by atoms with E-state index in [0.717, 1.165) is 11.5 Å². The lowest BCUT2D eigenvalue weighted by molar-refractivity contribution is 0.121. The highest BCUT2D eigenvalue weighted by atomic mass is 28.3. The third-order valence-corrected chi connectivity index (χ3v) is 21.2. The molecule has 0 saturated heterocycles. The Morgan fingerprint density at radius 2 is 0.918 bits per heavy atom. The van der Waals surface area contributed by atoms with Crippen molar-refractivity contribution >= 4 is 13.8 Å². The zero-order valence-electron chi connectivity index (χ0n) is 43.1. The van der Waals surface area contributed by atoms with Gasteiger partial charge in [0.15, 0.2) is 0 Å². The Morgan fingerprint density at radius 3 is 1.31 bits per heavy atom. The van der Waals surface area contributed by atoms with Crippen molar-refractivity contribution in [3.8, 4) is 0 Å². The summed E-state index contributed by atoms with van der Waals surface area (Å²) in [7, 11) is -1.88. The van der Waals surface area contributed by atoms with Gasteiger partial charge in [-0.1, -0.05) is 250 Å². The second-order valence-electron chi connectivity index (χ2n) is 23.8. The Kier molecular flexibility index (Phi) is 22.5. The number of allylic oxidation sites excluding steroid dienone is 4.